The van der Waals surface area contributed by atoms with E-state index in [1.165, 1.54) is 6.07 Å². The summed E-state index contributed by atoms with van der Waals surface area (Å²) in [5.41, 5.74) is 6.02. The molecule has 162 valence electrons. The minimum atomic E-state index is -0.417. The molecule has 4 aromatic rings. The molecular weight excluding hydrogens is 436 g/mol. The van der Waals surface area contributed by atoms with Crippen LogP contribution in [0.1, 0.15) is 15.9 Å². The van der Waals surface area contributed by atoms with E-state index in [9.17, 15) is 14.9 Å². The van der Waals surface area contributed by atoms with Crippen LogP contribution >= 0.6 is 11.6 Å². The maximum absolute atomic E-state index is 13.3. The number of nitro groups is 1. The summed E-state index contributed by atoms with van der Waals surface area (Å²) >= 11 is 6.49. The number of non-ortho nitro benzene ring substituents is 1. The third kappa shape index (κ3) is 3.99. The molecule has 1 aliphatic rings. The van der Waals surface area contributed by atoms with E-state index < -0.39 is 4.92 Å². The Labute approximate surface area is 196 Å². The molecule has 1 amide bonds. The van der Waals surface area contributed by atoms with E-state index in [4.69, 9.17) is 11.6 Å². The zero-order valence-corrected chi connectivity index (χ0v) is 18.3. The second-order valence-corrected chi connectivity index (χ2v) is 8.32. The molecule has 0 fully saturated rings. The van der Waals surface area contributed by atoms with Gasteiger partial charge in [0.1, 0.15) is 0 Å². The number of rotatable bonds is 4. The standard InChI is InChI=1S/C27H19ClN2O3/c28-25-12-10-22(27(31)29-15-14-21-16-23(30(32)33)11-13-26(21)29)17-24(25)20-8-6-19(7-9-20)18-4-2-1-3-5-18/h1-13,16-17H,14-15H2. The lowest BCUT2D eigenvalue weighted by atomic mass is 9.99. The third-order valence-electron chi connectivity index (χ3n) is 5.93. The maximum atomic E-state index is 13.3. The second-order valence-electron chi connectivity index (χ2n) is 7.91. The van der Waals surface area contributed by atoms with Crippen molar-refractivity contribution < 1.29 is 9.72 Å². The third-order valence-corrected chi connectivity index (χ3v) is 6.26. The van der Waals surface area contributed by atoms with E-state index in [-0.39, 0.29) is 11.6 Å². The van der Waals surface area contributed by atoms with E-state index >= 15 is 0 Å². The van der Waals surface area contributed by atoms with Crippen molar-refractivity contribution >= 4 is 28.9 Å². The molecule has 0 spiro atoms. The van der Waals surface area contributed by atoms with Gasteiger partial charge in [-0.25, -0.2) is 0 Å². The van der Waals surface area contributed by atoms with Crippen LogP contribution in [-0.2, 0) is 6.42 Å². The van der Waals surface area contributed by atoms with E-state index in [0.29, 0.717) is 29.2 Å². The molecule has 0 unspecified atom stereocenters. The molecule has 5 rings (SSSR count). The molecule has 0 N–H and O–H groups in total. The minimum absolute atomic E-state index is 0.0378. The highest BCUT2D eigenvalue weighted by molar-refractivity contribution is 6.33. The van der Waals surface area contributed by atoms with Crippen molar-refractivity contribution in [1.29, 1.82) is 0 Å². The molecule has 1 aliphatic heterocycles. The molecule has 0 aromatic heterocycles. The summed E-state index contributed by atoms with van der Waals surface area (Å²) < 4.78 is 0. The number of benzene rings is 4. The van der Waals surface area contributed by atoms with Crippen LogP contribution in [0.2, 0.25) is 5.02 Å². The van der Waals surface area contributed by atoms with Gasteiger partial charge in [0.2, 0.25) is 0 Å². The van der Waals surface area contributed by atoms with Crippen molar-refractivity contribution in [3.05, 3.63) is 117 Å². The highest BCUT2D eigenvalue weighted by Crippen LogP contribution is 2.35. The Morgan fingerprint density at radius 2 is 1.55 bits per heavy atom. The first-order valence-electron chi connectivity index (χ1n) is 10.6. The van der Waals surface area contributed by atoms with Gasteiger partial charge in [0, 0.05) is 40.5 Å². The number of hydrogen-bond acceptors (Lipinski definition) is 3. The molecule has 4 aromatic carbocycles. The van der Waals surface area contributed by atoms with Crippen LogP contribution in [0.25, 0.3) is 22.3 Å². The summed E-state index contributed by atoms with van der Waals surface area (Å²) in [6.07, 6.45) is 0.587. The fourth-order valence-corrected chi connectivity index (χ4v) is 4.45. The van der Waals surface area contributed by atoms with Gasteiger partial charge in [-0.3, -0.25) is 14.9 Å². The van der Waals surface area contributed by atoms with Crippen molar-refractivity contribution in [2.75, 3.05) is 11.4 Å². The van der Waals surface area contributed by atoms with Crippen molar-refractivity contribution in [1.82, 2.24) is 0 Å². The van der Waals surface area contributed by atoms with Gasteiger partial charge in [0.25, 0.3) is 11.6 Å². The lowest BCUT2D eigenvalue weighted by Gasteiger charge is -2.18. The van der Waals surface area contributed by atoms with E-state index in [0.717, 1.165) is 27.8 Å². The van der Waals surface area contributed by atoms with Crippen LogP contribution in [0.5, 0.6) is 0 Å². The number of anilines is 1. The second kappa shape index (κ2) is 8.52. The summed E-state index contributed by atoms with van der Waals surface area (Å²) in [4.78, 5) is 25.6. The number of halogens is 1. The van der Waals surface area contributed by atoms with Gasteiger partial charge >= 0.3 is 0 Å². The smallest absolute Gasteiger partial charge is 0.269 e. The van der Waals surface area contributed by atoms with E-state index in [1.54, 1.807) is 29.2 Å². The van der Waals surface area contributed by atoms with Gasteiger partial charge in [-0.15, -0.1) is 0 Å². The van der Waals surface area contributed by atoms with Crippen LogP contribution in [-0.4, -0.2) is 17.4 Å². The van der Waals surface area contributed by atoms with Crippen molar-refractivity contribution in [2.45, 2.75) is 6.42 Å². The topological polar surface area (TPSA) is 63.5 Å². The first kappa shape index (κ1) is 20.9. The normalized spacial score (nSPS) is 12.5. The average Bonchev–Trinajstić information content (AvgIpc) is 3.28. The van der Waals surface area contributed by atoms with Gasteiger partial charge < -0.3 is 4.90 Å². The van der Waals surface area contributed by atoms with Gasteiger partial charge in [-0.1, -0.05) is 66.2 Å². The van der Waals surface area contributed by atoms with Crippen molar-refractivity contribution in [3.8, 4) is 22.3 Å². The molecule has 6 heteroatoms. The van der Waals surface area contributed by atoms with Crippen LogP contribution < -0.4 is 4.90 Å². The lowest BCUT2D eigenvalue weighted by molar-refractivity contribution is -0.384. The Morgan fingerprint density at radius 3 is 2.27 bits per heavy atom. The number of hydrogen-bond donors (Lipinski definition) is 0. The zero-order chi connectivity index (χ0) is 22.9. The first-order chi connectivity index (χ1) is 16.0. The minimum Gasteiger partial charge on any atom is -0.308 e. The van der Waals surface area contributed by atoms with E-state index in [1.807, 2.05) is 48.5 Å². The predicted octanol–water partition coefficient (Wildman–Crippen LogP) is 6.79. The van der Waals surface area contributed by atoms with Gasteiger partial charge in [0.15, 0.2) is 0 Å². The molecule has 5 nitrogen and oxygen atoms in total. The number of carbonyl (C=O) groups is 1. The zero-order valence-electron chi connectivity index (χ0n) is 17.6. The van der Waals surface area contributed by atoms with Crippen molar-refractivity contribution in [2.24, 2.45) is 0 Å². The Kier molecular flexibility index (Phi) is 5.40. The molecule has 1 heterocycles. The molecule has 0 bridgehead atoms. The molecule has 33 heavy (non-hydrogen) atoms. The van der Waals surface area contributed by atoms with Gasteiger partial charge in [0.05, 0.1) is 4.92 Å². The molecule has 0 saturated heterocycles. The Bertz CT molecular complexity index is 1370. The molecule has 0 saturated carbocycles. The molecule has 0 radical (unpaired) electrons. The monoisotopic (exact) mass is 454 g/mol. The Balaban J connectivity index is 1.44. The van der Waals surface area contributed by atoms with E-state index in [2.05, 4.69) is 12.1 Å². The maximum Gasteiger partial charge on any atom is 0.269 e. The van der Waals surface area contributed by atoms with Crippen molar-refractivity contribution in [3.63, 3.8) is 0 Å². The Hall–Kier alpha value is -3.96. The molecular formula is C27H19ClN2O3. The number of amides is 1. The SMILES string of the molecule is O=C(c1ccc(Cl)c(-c2ccc(-c3ccccc3)cc2)c1)N1CCc2cc([N+](=O)[O-])ccc21. The molecule has 0 atom stereocenters. The largest absolute Gasteiger partial charge is 0.308 e. The predicted molar refractivity (Wildman–Crippen MR) is 131 cm³/mol. The highest BCUT2D eigenvalue weighted by atomic mass is 35.5. The van der Waals surface area contributed by atoms with Gasteiger partial charge in [-0.05, 0) is 52.9 Å². The number of fused-ring (bicyclic) bond motifs is 1. The van der Waals surface area contributed by atoms with Gasteiger partial charge in [-0.2, -0.15) is 0 Å². The fraction of sp³-hybridized carbons (Fsp3) is 0.0741. The van der Waals surface area contributed by atoms with Crippen LogP contribution in [0.15, 0.2) is 91.0 Å². The number of nitrogens with zero attached hydrogens (tertiary/aromatic N) is 2. The summed E-state index contributed by atoms with van der Waals surface area (Å²) in [7, 11) is 0. The summed E-state index contributed by atoms with van der Waals surface area (Å²) in [5, 5.41) is 11.6. The summed E-state index contributed by atoms with van der Waals surface area (Å²) in [6, 6.07) is 28.1. The van der Waals surface area contributed by atoms with Crippen LogP contribution in [0.4, 0.5) is 11.4 Å². The fourth-order valence-electron chi connectivity index (χ4n) is 4.22. The summed E-state index contributed by atoms with van der Waals surface area (Å²) in [6.45, 7) is 0.485. The number of carbonyl (C=O) groups excluding carboxylic acids is 1. The highest BCUT2D eigenvalue weighted by Gasteiger charge is 2.27. The van der Waals surface area contributed by atoms with Crippen LogP contribution in [0, 0.1) is 10.1 Å². The Morgan fingerprint density at radius 1 is 0.848 bits per heavy atom. The van der Waals surface area contributed by atoms with Crippen LogP contribution in [0.3, 0.4) is 0 Å². The number of nitro benzene ring substituents is 1. The average molecular weight is 455 g/mol. The first-order valence-corrected chi connectivity index (χ1v) is 10.9. The quantitative estimate of drug-likeness (QED) is 0.252. The molecule has 0 aliphatic carbocycles. The summed E-state index contributed by atoms with van der Waals surface area (Å²) in [5.74, 6) is -0.151. The lowest BCUT2D eigenvalue weighted by Crippen LogP contribution is -2.28.